The quantitative estimate of drug-likeness (QED) is 0.537. The Morgan fingerprint density at radius 1 is 1.17 bits per heavy atom. The van der Waals surface area contributed by atoms with Crippen molar-refractivity contribution in [1.29, 1.82) is 0 Å². The molecule has 0 unspecified atom stereocenters. The van der Waals surface area contributed by atoms with Gasteiger partial charge in [0.05, 0.1) is 5.39 Å². The minimum atomic E-state index is 0.283. The lowest BCUT2D eigenvalue weighted by molar-refractivity contribution is 0.244. The van der Waals surface area contributed by atoms with Crippen molar-refractivity contribution in [3.8, 4) is 17.1 Å². The number of ether oxygens (including phenoxy) is 1. The summed E-state index contributed by atoms with van der Waals surface area (Å²) in [5, 5.41) is 7.20. The third-order valence-electron chi connectivity index (χ3n) is 3.77. The molecule has 0 spiro atoms. The maximum atomic E-state index is 5.88. The lowest BCUT2D eigenvalue weighted by Crippen LogP contribution is -1.97. The van der Waals surface area contributed by atoms with E-state index in [2.05, 4.69) is 27.4 Å². The third-order valence-corrected chi connectivity index (χ3v) is 4.71. The van der Waals surface area contributed by atoms with Gasteiger partial charge in [-0.05, 0) is 17.4 Å². The van der Waals surface area contributed by atoms with Crippen molar-refractivity contribution in [2.75, 3.05) is 0 Å². The topological polar surface area (TPSA) is 61.0 Å². The van der Waals surface area contributed by atoms with Crippen LogP contribution in [0, 0.1) is 0 Å². The molecular formula is C18H15N3O2S. The SMILES string of the molecule is CCc1csc2ncnc(OCc3cc(-c4ccccc4)no3)c12. The number of fused-ring (bicyclic) bond motifs is 1. The Hall–Kier alpha value is -2.73. The number of aryl methyl sites for hydroxylation is 1. The molecule has 0 aliphatic rings. The highest BCUT2D eigenvalue weighted by atomic mass is 32.1. The zero-order chi connectivity index (χ0) is 16.4. The van der Waals surface area contributed by atoms with Crippen LogP contribution in [0.1, 0.15) is 18.2 Å². The van der Waals surface area contributed by atoms with Gasteiger partial charge in [0, 0.05) is 11.6 Å². The Morgan fingerprint density at radius 2 is 2.04 bits per heavy atom. The summed E-state index contributed by atoms with van der Waals surface area (Å²) in [6, 6.07) is 11.8. The van der Waals surface area contributed by atoms with Crippen LogP contribution in [0.5, 0.6) is 5.88 Å². The molecular weight excluding hydrogens is 322 g/mol. The standard InChI is InChI=1S/C18H15N3O2S/c1-2-12-10-24-18-16(12)17(19-11-20-18)22-9-14-8-15(21-23-14)13-6-4-3-5-7-13/h3-8,10-11H,2,9H2,1H3. The van der Waals surface area contributed by atoms with Crippen LogP contribution in [-0.2, 0) is 13.0 Å². The molecule has 4 aromatic rings. The highest BCUT2D eigenvalue weighted by Gasteiger charge is 2.13. The van der Waals surface area contributed by atoms with Gasteiger partial charge >= 0.3 is 0 Å². The van der Waals surface area contributed by atoms with E-state index in [1.807, 2.05) is 36.4 Å². The summed E-state index contributed by atoms with van der Waals surface area (Å²) in [4.78, 5) is 9.52. The van der Waals surface area contributed by atoms with Crippen molar-refractivity contribution in [1.82, 2.24) is 15.1 Å². The molecule has 0 saturated carbocycles. The summed E-state index contributed by atoms with van der Waals surface area (Å²) >= 11 is 1.61. The van der Waals surface area contributed by atoms with Gasteiger partial charge in [-0.25, -0.2) is 9.97 Å². The Kier molecular flexibility index (Phi) is 3.96. The van der Waals surface area contributed by atoms with Gasteiger partial charge in [0.25, 0.3) is 0 Å². The van der Waals surface area contributed by atoms with Gasteiger partial charge in [-0.3, -0.25) is 0 Å². The van der Waals surface area contributed by atoms with Gasteiger partial charge in [0.2, 0.25) is 5.88 Å². The average molecular weight is 337 g/mol. The number of hydrogen-bond acceptors (Lipinski definition) is 6. The number of benzene rings is 1. The molecule has 120 valence electrons. The number of thiophene rings is 1. The van der Waals surface area contributed by atoms with E-state index >= 15 is 0 Å². The Bertz CT molecular complexity index is 963. The molecule has 0 fully saturated rings. The highest BCUT2D eigenvalue weighted by Crippen LogP contribution is 2.31. The monoisotopic (exact) mass is 337 g/mol. The van der Waals surface area contributed by atoms with E-state index in [1.54, 1.807) is 11.3 Å². The van der Waals surface area contributed by atoms with Crippen molar-refractivity contribution in [3.05, 3.63) is 59.4 Å². The second-order valence-corrected chi connectivity index (χ2v) is 6.16. The Labute approximate surface area is 142 Å². The number of hydrogen-bond donors (Lipinski definition) is 0. The van der Waals surface area contributed by atoms with E-state index < -0.39 is 0 Å². The van der Waals surface area contributed by atoms with E-state index in [-0.39, 0.29) is 6.61 Å². The predicted molar refractivity (Wildman–Crippen MR) is 93.1 cm³/mol. The highest BCUT2D eigenvalue weighted by molar-refractivity contribution is 7.17. The first-order valence-corrected chi connectivity index (χ1v) is 8.58. The lowest BCUT2D eigenvalue weighted by Gasteiger charge is -2.04. The molecule has 5 nitrogen and oxygen atoms in total. The van der Waals surface area contributed by atoms with Crippen molar-refractivity contribution in [2.24, 2.45) is 0 Å². The van der Waals surface area contributed by atoms with Crippen LogP contribution in [0.15, 0.2) is 52.6 Å². The maximum Gasteiger partial charge on any atom is 0.226 e. The van der Waals surface area contributed by atoms with Crippen molar-refractivity contribution in [2.45, 2.75) is 20.0 Å². The van der Waals surface area contributed by atoms with Crippen LogP contribution in [-0.4, -0.2) is 15.1 Å². The maximum absolute atomic E-state index is 5.88. The van der Waals surface area contributed by atoms with Crippen LogP contribution in [0.3, 0.4) is 0 Å². The number of aromatic nitrogens is 3. The summed E-state index contributed by atoms with van der Waals surface area (Å²) in [5.74, 6) is 1.25. The molecule has 0 radical (unpaired) electrons. The van der Waals surface area contributed by atoms with Crippen LogP contribution in [0.4, 0.5) is 0 Å². The van der Waals surface area contributed by atoms with Crippen LogP contribution >= 0.6 is 11.3 Å². The van der Waals surface area contributed by atoms with Gasteiger partial charge in [-0.2, -0.15) is 0 Å². The first kappa shape index (κ1) is 14.8. The van der Waals surface area contributed by atoms with E-state index in [9.17, 15) is 0 Å². The first-order valence-electron chi connectivity index (χ1n) is 7.70. The first-order chi connectivity index (χ1) is 11.8. The fourth-order valence-electron chi connectivity index (χ4n) is 2.54. The molecule has 0 aliphatic carbocycles. The predicted octanol–water partition coefficient (Wildman–Crippen LogP) is 4.49. The lowest BCUT2D eigenvalue weighted by atomic mass is 10.1. The number of nitrogens with zero attached hydrogens (tertiary/aromatic N) is 3. The molecule has 3 aromatic heterocycles. The largest absolute Gasteiger partial charge is 0.469 e. The minimum absolute atomic E-state index is 0.283. The fourth-order valence-corrected chi connectivity index (χ4v) is 3.52. The van der Waals surface area contributed by atoms with Gasteiger partial charge in [-0.1, -0.05) is 42.4 Å². The summed E-state index contributed by atoms with van der Waals surface area (Å²) in [6.07, 6.45) is 2.45. The summed E-state index contributed by atoms with van der Waals surface area (Å²) in [5.41, 5.74) is 3.02. The van der Waals surface area contributed by atoms with Gasteiger partial charge in [0.1, 0.15) is 16.9 Å². The average Bonchev–Trinajstić information content (AvgIpc) is 3.28. The molecule has 4 rings (SSSR count). The zero-order valence-corrected chi connectivity index (χ0v) is 13.9. The molecule has 0 saturated heterocycles. The van der Waals surface area contributed by atoms with Gasteiger partial charge in [0.15, 0.2) is 12.4 Å². The van der Waals surface area contributed by atoms with Gasteiger partial charge in [-0.15, -0.1) is 11.3 Å². The molecule has 0 atom stereocenters. The summed E-state index contributed by atoms with van der Waals surface area (Å²) < 4.78 is 11.3. The smallest absolute Gasteiger partial charge is 0.226 e. The number of rotatable bonds is 5. The molecule has 3 heterocycles. The Morgan fingerprint density at radius 3 is 2.88 bits per heavy atom. The molecule has 6 heteroatoms. The Balaban J connectivity index is 1.56. The fraction of sp³-hybridized carbons (Fsp3) is 0.167. The third kappa shape index (κ3) is 2.76. The van der Waals surface area contributed by atoms with E-state index in [1.165, 1.54) is 11.9 Å². The molecule has 0 N–H and O–H groups in total. The van der Waals surface area contributed by atoms with Crippen molar-refractivity contribution < 1.29 is 9.26 Å². The molecule has 0 amide bonds. The minimum Gasteiger partial charge on any atom is -0.469 e. The van der Waals surface area contributed by atoms with Crippen LogP contribution in [0.2, 0.25) is 0 Å². The molecule has 24 heavy (non-hydrogen) atoms. The van der Waals surface area contributed by atoms with Crippen LogP contribution < -0.4 is 4.74 Å². The normalized spacial score (nSPS) is 11.0. The second-order valence-electron chi connectivity index (χ2n) is 5.31. The summed E-state index contributed by atoms with van der Waals surface area (Å²) in [7, 11) is 0. The van der Waals surface area contributed by atoms with E-state index in [4.69, 9.17) is 9.26 Å². The molecule has 0 aliphatic heterocycles. The molecule has 1 aromatic carbocycles. The van der Waals surface area contributed by atoms with E-state index in [0.717, 1.165) is 27.9 Å². The van der Waals surface area contributed by atoms with E-state index in [0.29, 0.717) is 11.6 Å². The van der Waals surface area contributed by atoms with Crippen molar-refractivity contribution >= 4 is 21.6 Å². The second kappa shape index (κ2) is 6.41. The zero-order valence-electron chi connectivity index (χ0n) is 13.1. The summed E-state index contributed by atoms with van der Waals surface area (Å²) in [6.45, 7) is 2.39. The molecule has 0 bridgehead atoms. The van der Waals surface area contributed by atoms with Crippen molar-refractivity contribution in [3.63, 3.8) is 0 Å². The van der Waals surface area contributed by atoms with Crippen LogP contribution in [0.25, 0.3) is 21.5 Å². The van der Waals surface area contributed by atoms with Gasteiger partial charge < -0.3 is 9.26 Å².